The van der Waals surface area contributed by atoms with Crippen LogP contribution in [0.2, 0.25) is 5.02 Å². The maximum Gasteiger partial charge on any atom is 0.337 e. The van der Waals surface area contributed by atoms with Gasteiger partial charge in [0.05, 0.1) is 23.4 Å². The van der Waals surface area contributed by atoms with Crippen LogP contribution >= 0.6 is 23.8 Å². The number of hydrogen-bond donors (Lipinski definition) is 2. The number of nitrogens with zero attached hydrogens (tertiary/aromatic N) is 1. The van der Waals surface area contributed by atoms with Gasteiger partial charge < -0.3 is 20.3 Å². The maximum absolute atomic E-state index is 11.6. The normalized spacial score (nSPS) is 15.6. The van der Waals surface area contributed by atoms with Gasteiger partial charge in [-0.15, -0.1) is 0 Å². The molecule has 0 radical (unpaired) electrons. The summed E-state index contributed by atoms with van der Waals surface area (Å²) in [5, 5.41) is 7.22. The van der Waals surface area contributed by atoms with Gasteiger partial charge in [0.15, 0.2) is 5.11 Å². The molecule has 1 heterocycles. The van der Waals surface area contributed by atoms with Gasteiger partial charge >= 0.3 is 5.97 Å². The van der Waals surface area contributed by atoms with Crippen molar-refractivity contribution in [1.82, 2.24) is 10.2 Å². The summed E-state index contributed by atoms with van der Waals surface area (Å²) in [4.78, 5) is 14.1. The van der Waals surface area contributed by atoms with Crippen molar-refractivity contribution in [2.24, 2.45) is 5.92 Å². The number of piperidine rings is 1. The molecule has 138 valence electrons. The largest absolute Gasteiger partial charge is 0.465 e. The molecule has 0 atom stereocenters. The fourth-order valence-corrected chi connectivity index (χ4v) is 3.20. The highest BCUT2D eigenvalue weighted by atomic mass is 35.5. The van der Waals surface area contributed by atoms with Crippen molar-refractivity contribution >= 4 is 40.6 Å². The Morgan fingerprint density at radius 1 is 1.40 bits per heavy atom. The number of anilines is 1. The molecule has 1 aliphatic heterocycles. The van der Waals surface area contributed by atoms with Crippen molar-refractivity contribution in [1.29, 1.82) is 0 Å². The number of benzene rings is 1. The van der Waals surface area contributed by atoms with Crippen LogP contribution < -0.4 is 10.6 Å². The summed E-state index contributed by atoms with van der Waals surface area (Å²) in [6.07, 6.45) is 3.62. The van der Waals surface area contributed by atoms with Crippen molar-refractivity contribution in [3.8, 4) is 0 Å². The van der Waals surface area contributed by atoms with Crippen molar-refractivity contribution in [2.75, 3.05) is 38.6 Å². The molecule has 1 fully saturated rings. The van der Waals surface area contributed by atoms with Crippen molar-refractivity contribution < 1.29 is 9.53 Å². The number of methoxy groups -OCH3 is 1. The summed E-state index contributed by atoms with van der Waals surface area (Å²) >= 11 is 11.5. The minimum absolute atomic E-state index is 0.408. The van der Waals surface area contributed by atoms with E-state index >= 15 is 0 Å². The topological polar surface area (TPSA) is 53.6 Å². The molecule has 0 amide bonds. The first kappa shape index (κ1) is 19.9. The summed E-state index contributed by atoms with van der Waals surface area (Å²) < 4.78 is 4.72. The molecule has 0 saturated carbocycles. The second kappa shape index (κ2) is 9.94. The molecule has 0 aromatic heterocycles. The Balaban J connectivity index is 1.74. The SMILES string of the molecule is COC(=O)c1ccc(Cl)c(NC(=S)NCCCN2CCC(C)CC2)c1. The number of hydrogen-bond acceptors (Lipinski definition) is 4. The van der Waals surface area contributed by atoms with Gasteiger partial charge in [0.1, 0.15) is 0 Å². The first-order valence-corrected chi connectivity index (χ1v) is 9.43. The number of thiocarbonyl (C=S) groups is 1. The average molecular weight is 384 g/mol. The van der Waals surface area contributed by atoms with Gasteiger partial charge in [-0.3, -0.25) is 0 Å². The molecule has 7 heteroatoms. The third kappa shape index (κ3) is 6.45. The third-order valence-corrected chi connectivity index (χ3v) is 5.02. The molecule has 5 nitrogen and oxygen atoms in total. The third-order valence-electron chi connectivity index (χ3n) is 4.45. The van der Waals surface area contributed by atoms with E-state index in [1.807, 2.05) is 0 Å². The van der Waals surface area contributed by atoms with E-state index < -0.39 is 5.97 Å². The van der Waals surface area contributed by atoms with Crippen LogP contribution in [0.15, 0.2) is 18.2 Å². The molecule has 0 aliphatic carbocycles. The number of nitrogens with one attached hydrogen (secondary N) is 2. The molecule has 0 unspecified atom stereocenters. The smallest absolute Gasteiger partial charge is 0.337 e. The Hall–Kier alpha value is -1.37. The second-order valence-corrected chi connectivity index (χ2v) is 7.26. The molecule has 2 N–H and O–H groups in total. The number of halogens is 1. The number of carbonyl (C=O) groups is 1. The highest BCUT2D eigenvalue weighted by molar-refractivity contribution is 7.80. The molecule has 1 saturated heterocycles. The highest BCUT2D eigenvalue weighted by Crippen LogP contribution is 2.23. The molecule has 0 bridgehead atoms. The number of rotatable bonds is 6. The zero-order chi connectivity index (χ0) is 18.2. The number of ether oxygens (including phenoxy) is 1. The number of esters is 1. The summed E-state index contributed by atoms with van der Waals surface area (Å²) in [5.74, 6) is 0.450. The van der Waals surface area contributed by atoms with Gasteiger partial charge in [0.2, 0.25) is 0 Å². The van der Waals surface area contributed by atoms with Crippen LogP contribution in [-0.2, 0) is 4.74 Å². The second-order valence-electron chi connectivity index (χ2n) is 6.44. The van der Waals surface area contributed by atoms with E-state index in [1.165, 1.54) is 33.0 Å². The summed E-state index contributed by atoms with van der Waals surface area (Å²) in [5.41, 5.74) is 1.02. The summed E-state index contributed by atoms with van der Waals surface area (Å²) in [6, 6.07) is 4.91. The van der Waals surface area contributed by atoms with Gasteiger partial charge in [-0.1, -0.05) is 18.5 Å². The molecule has 2 rings (SSSR count). The van der Waals surface area contributed by atoms with Crippen LogP contribution in [0, 0.1) is 5.92 Å². The first-order valence-electron chi connectivity index (χ1n) is 8.64. The molecule has 25 heavy (non-hydrogen) atoms. The lowest BCUT2D eigenvalue weighted by molar-refractivity contribution is 0.0601. The number of carbonyl (C=O) groups excluding carboxylic acids is 1. The van der Waals surface area contributed by atoms with E-state index in [1.54, 1.807) is 18.2 Å². The standard InChI is InChI=1S/C18H26ClN3O2S/c1-13-6-10-22(11-7-13)9-3-8-20-18(25)21-16-12-14(17(23)24-2)4-5-15(16)19/h4-5,12-13H,3,6-11H2,1-2H3,(H2,20,21,25). The lowest BCUT2D eigenvalue weighted by atomic mass is 9.99. The molecular formula is C18H26ClN3O2S. The number of likely N-dealkylation sites (tertiary alicyclic amines) is 1. The van der Waals surface area contributed by atoms with Gasteiger partial charge in [-0.05, 0) is 75.2 Å². The molecule has 0 spiro atoms. The van der Waals surface area contributed by atoms with Crippen LogP contribution in [-0.4, -0.2) is 49.3 Å². The zero-order valence-corrected chi connectivity index (χ0v) is 16.4. The minimum Gasteiger partial charge on any atom is -0.465 e. The van der Waals surface area contributed by atoms with Crippen molar-refractivity contribution in [3.05, 3.63) is 28.8 Å². The van der Waals surface area contributed by atoms with E-state index in [2.05, 4.69) is 22.5 Å². The fourth-order valence-electron chi connectivity index (χ4n) is 2.82. The zero-order valence-electron chi connectivity index (χ0n) is 14.8. The van der Waals surface area contributed by atoms with Gasteiger partial charge in [0, 0.05) is 6.54 Å². The monoisotopic (exact) mass is 383 g/mol. The molecular weight excluding hydrogens is 358 g/mol. The summed E-state index contributed by atoms with van der Waals surface area (Å²) in [7, 11) is 1.35. The van der Waals surface area contributed by atoms with Crippen LogP contribution in [0.3, 0.4) is 0 Å². The van der Waals surface area contributed by atoms with Gasteiger partial charge in [-0.2, -0.15) is 0 Å². The lowest BCUT2D eigenvalue weighted by Crippen LogP contribution is -2.36. The van der Waals surface area contributed by atoms with E-state index in [0.717, 1.165) is 25.4 Å². The van der Waals surface area contributed by atoms with E-state index in [4.69, 9.17) is 28.6 Å². The quantitative estimate of drug-likeness (QED) is 0.445. The lowest BCUT2D eigenvalue weighted by Gasteiger charge is -2.30. The highest BCUT2D eigenvalue weighted by Gasteiger charge is 2.15. The Morgan fingerprint density at radius 2 is 2.12 bits per heavy atom. The van der Waals surface area contributed by atoms with Crippen LogP contribution in [0.1, 0.15) is 36.5 Å². The minimum atomic E-state index is -0.408. The maximum atomic E-state index is 11.6. The van der Waals surface area contributed by atoms with Gasteiger partial charge in [-0.25, -0.2) is 4.79 Å². The molecule has 1 aromatic rings. The Morgan fingerprint density at radius 3 is 2.80 bits per heavy atom. The van der Waals surface area contributed by atoms with E-state index in [-0.39, 0.29) is 0 Å². The van der Waals surface area contributed by atoms with E-state index in [9.17, 15) is 4.79 Å². The summed E-state index contributed by atoms with van der Waals surface area (Å²) in [6.45, 7) is 6.59. The van der Waals surface area contributed by atoms with Gasteiger partial charge in [0.25, 0.3) is 0 Å². The average Bonchev–Trinajstić information content (AvgIpc) is 2.61. The first-order chi connectivity index (χ1) is 12.0. The van der Waals surface area contributed by atoms with Crippen molar-refractivity contribution in [3.63, 3.8) is 0 Å². The predicted octanol–water partition coefficient (Wildman–Crippen LogP) is 3.54. The Kier molecular flexibility index (Phi) is 7.93. The Bertz CT molecular complexity index is 604. The molecule has 1 aliphatic rings. The predicted molar refractivity (Wildman–Crippen MR) is 106 cm³/mol. The van der Waals surface area contributed by atoms with Crippen LogP contribution in [0.5, 0.6) is 0 Å². The van der Waals surface area contributed by atoms with Crippen LogP contribution in [0.25, 0.3) is 0 Å². The van der Waals surface area contributed by atoms with Crippen molar-refractivity contribution in [2.45, 2.75) is 26.2 Å². The Labute approximate surface area is 160 Å². The fraction of sp³-hybridized carbons (Fsp3) is 0.556. The molecule has 1 aromatic carbocycles. The van der Waals surface area contributed by atoms with Crippen LogP contribution in [0.4, 0.5) is 5.69 Å². The van der Waals surface area contributed by atoms with E-state index in [0.29, 0.717) is 21.4 Å².